The van der Waals surface area contributed by atoms with Gasteiger partial charge in [-0.25, -0.2) is 15.0 Å². The monoisotopic (exact) mass is 538 g/mol. The molecule has 10 heteroatoms. The van der Waals surface area contributed by atoms with Gasteiger partial charge in [-0.15, -0.1) is 24.0 Å². The van der Waals surface area contributed by atoms with Crippen LogP contribution in [0.25, 0.3) is 5.82 Å². The number of anilines is 1. The number of hydrogen-bond donors (Lipinski definition) is 2. The number of nitrogens with one attached hydrogen (secondary N) is 2. The highest BCUT2D eigenvalue weighted by Crippen LogP contribution is 2.25. The first kappa shape index (κ1) is 22.3. The number of aliphatic imine (C=N–C) groups is 1. The van der Waals surface area contributed by atoms with Crippen LogP contribution in [0.3, 0.4) is 0 Å². The lowest BCUT2D eigenvalue weighted by Crippen LogP contribution is -2.44. The summed E-state index contributed by atoms with van der Waals surface area (Å²) in [5.41, 5.74) is 1.11. The topological polar surface area (TPSA) is 83.3 Å². The minimum absolute atomic E-state index is 0. The van der Waals surface area contributed by atoms with Crippen molar-refractivity contribution in [3.63, 3.8) is 0 Å². The van der Waals surface area contributed by atoms with Gasteiger partial charge in [0, 0.05) is 57.5 Å². The maximum Gasteiger partial charge on any atom is 0.191 e. The number of hydrogen-bond acceptors (Lipinski definition) is 5. The highest BCUT2D eigenvalue weighted by molar-refractivity contribution is 14.0. The lowest BCUT2D eigenvalue weighted by molar-refractivity contribution is 0.648. The first-order valence-electron chi connectivity index (χ1n) is 9.49. The first-order valence-corrected chi connectivity index (χ1v) is 9.86. The molecule has 1 unspecified atom stereocenters. The van der Waals surface area contributed by atoms with Gasteiger partial charge in [0.2, 0.25) is 0 Å². The summed E-state index contributed by atoms with van der Waals surface area (Å²) in [5.74, 6) is 2.44. The van der Waals surface area contributed by atoms with Crippen LogP contribution in [0.15, 0.2) is 60.4 Å². The van der Waals surface area contributed by atoms with Crippen LogP contribution in [0.1, 0.15) is 12.0 Å². The number of imidazole rings is 1. The summed E-state index contributed by atoms with van der Waals surface area (Å²) in [4.78, 5) is 19.4. The van der Waals surface area contributed by atoms with Crippen molar-refractivity contribution in [3.8, 4) is 5.82 Å². The molecule has 8 nitrogen and oxygen atoms in total. The third-order valence-electron chi connectivity index (χ3n) is 4.83. The van der Waals surface area contributed by atoms with Crippen molar-refractivity contribution in [1.82, 2.24) is 30.2 Å². The molecule has 30 heavy (non-hydrogen) atoms. The summed E-state index contributed by atoms with van der Waals surface area (Å²) in [7, 11) is 1.78. The van der Waals surface area contributed by atoms with E-state index in [0.717, 1.165) is 42.7 Å². The van der Waals surface area contributed by atoms with Crippen molar-refractivity contribution in [2.24, 2.45) is 4.99 Å². The Bertz CT molecular complexity index is 978. The van der Waals surface area contributed by atoms with Crippen LogP contribution in [-0.2, 0) is 6.54 Å². The first-order chi connectivity index (χ1) is 14.2. The molecule has 158 valence electrons. The maximum atomic E-state index is 6.28. The number of halogens is 2. The molecule has 1 saturated heterocycles. The summed E-state index contributed by atoms with van der Waals surface area (Å²) in [6.07, 6.45) is 9.91. The van der Waals surface area contributed by atoms with Crippen molar-refractivity contribution >= 4 is 47.4 Å². The van der Waals surface area contributed by atoms with Gasteiger partial charge in [-0.05, 0) is 36.2 Å². The summed E-state index contributed by atoms with van der Waals surface area (Å²) in [6.45, 7) is 2.38. The molecule has 0 aliphatic carbocycles. The lowest BCUT2D eigenvalue weighted by Gasteiger charge is -2.20. The summed E-state index contributed by atoms with van der Waals surface area (Å²) in [5, 5.41) is 7.55. The van der Waals surface area contributed by atoms with Gasteiger partial charge in [0.1, 0.15) is 18.0 Å². The van der Waals surface area contributed by atoms with Crippen LogP contribution in [0.5, 0.6) is 0 Å². The fourth-order valence-electron chi connectivity index (χ4n) is 3.36. The Hall–Kier alpha value is -2.40. The third kappa shape index (κ3) is 5.39. The van der Waals surface area contributed by atoms with E-state index < -0.39 is 0 Å². The summed E-state index contributed by atoms with van der Waals surface area (Å²) < 4.78 is 1.88. The van der Waals surface area contributed by atoms with Gasteiger partial charge in [-0.1, -0.05) is 11.6 Å². The van der Waals surface area contributed by atoms with Gasteiger partial charge >= 0.3 is 0 Å². The number of guanidine groups is 1. The second-order valence-corrected chi connectivity index (χ2v) is 7.21. The molecule has 4 rings (SSSR count). The van der Waals surface area contributed by atoms with E-state index in [1.165, 1.54) is 0 Å². The molecule has 1 fully saturated rings. The molecule has 1 aliphatic heterocycles. The Kier molecular flexibility index (Phi) is 7.86. The zero-order chi connectivity index (χ0) is 20.1. The van der Waals surface area contributed by atoms with Crippen LogP contribution < -0.4 is 15.5 Å². The minimum Gasteiger partial charge on any atom is -0.353 e. The van der Waals surface area contributed by atoms with Crippen LogP contribution in [0.4, 0.5) is 5.82 Å². The third-order valence-corrected chi connectivity index (χ3v) is 5.13. The van der Waals surface area contributed by atoms with E-state index in [-0.39, 0.29) is 30.0 Å². The fraction of sp³-hybridized carbons (Fsp3) is 0.300. The Morgan fingerprint density at radius 1 is 1.27 bits per heavy atom. The van der Waals surface area contributed by atoms with E-state index in [2.05, 4.69) is 35.5 Å². The number of rotatable bonds is 5. The molecule has 3 aromatic heterocycles. The van der Waals surface area contributed by atoms with Crippen LogP contribution in [0, 0.1) is 0 Å². The molecule has 3 aromatic rings. The van der Waals surface area contributed by atoms with Gasteiger partial charge in [0.25, 0.3) is 0 Å². The maximum absolute atomic E-state index is 6.28. The Morgan fingerprint density at radius 3 is 2.93 bits per heavy atom. The van der Waals surface area contributed by atoms with E-state index in [0.29, 0.717) is 11.6 Å². The minimum atomic E-state index is 0. The Balaban J connectivity index is 0.00000256. The lowest BCUT2D eigenvalue weighted by atomic mass is 10.2. The Labute approximate surface area is 197 Å². The molecule has 1 aliphatic rings. The van der Waals surface area contributed by atoms with Crippen molar-refractivity contribution < 1.29 is 0 Å². The van der Waals surface area contributed by atoms with Crippen LogP contribution in [0.2, 0.25) is 5.02 Å². The highest BCUT2D eigenvalue weighted by Gasteiger charge is 2.25. The largest absolute Gasteiger partial charge is 0.353 e. The molecule has 0 amide bonds. The number of pyridine rings is 2. The average molecular weight is 539 g/mol. The summed E-state index contributed by atoms with van der Waals surface area (Å²) >= 11 is 6.28. The van der Waals surface area contributed by atoms with Crippen molar-refractivity contribution in [1.29, 1.82) is 0 Å². The SMILES string of the molecule is CN=C(NCc1ccnc(-n2ccnc2)c1)NC1CCN(c2ncccc2Cl)C1.I. The van der Waals surface area contributed by atoms with Gasteiger partial charge in [0.05, 0.1) is 5.02 Å². The van der Waals surface area contributed by atoms with Crippen LogP contribution in [-0.4, -0.2) is 51.7 Å². The van der Waals surface area contributed by atoms with Crippen molar-refractivity contribution in [2.75, 3.05) is 25.0 Å². The number of aromatic nitrogens is 4. The molecular formula is C20H24ClIN8. The quantitative estimate of drug-likeness (QED) is 0.295. The molecule has 0 bridgehead atoms. The summed E-state index contributed by atoms with van der Waals surface area (Å²) in [6, 6.07) is 8.01. The smallest absolute Gasteiger partial charge is 0.191 e. The normalized spacial score (nSPS) is 16.3. The number of nitrogens with zero attached hydrogens (tertiary/aromatic N) is 6. The molecular weight excluding hydrogens is 515 g/mol. The second-order valence-electron chi connectivity index (χ2n) is 6.80. The molecule has 0 saturated carbocycles. The van der Waals surface area contributed by atoms with Crippen molar-refractivity contribution in [3.05, 3.63) is 66.0 Å². The molecule has 0 aromatic carbocycles. The molecule has 2 N–H and O–H groups in total. The molecule has 1 atom stereocenters. The zero-order valence-corrected chi connectivity index (χ0v) is 19.7. The van der Waals surface area contributed by atoms with Gasteiger partial charge in [-0.3, -0.25) is 9.56 Å². The van der Waals surface area contributed by atoms with E-state index in [1.807, 2.05) is 35.0 Å². The molecule has 0 radical (unpaired) electrons. The predicted octanol–water partition coefficient (Wildman–Crippen LogP) is 2.88. The van der Waals surface area contributed by atoms with Gasteiger partial charge in [-0.2, -0.15) is 0 Å². The van der Waals surface area contributed by atoms with E-state index in [9.17, 15) is 0 Å². The fourth-order valence-corrected chi connectivity index (χ4v) is 3.60. The predicted molar refractivity (Wildman–Crippen MR) is 130 cm³/mol. The van der Waals surface area contributed by atoms with E-state index in [1.54, 1.807) is 32.0 Å². The van der Waals surface area contributed by atoms with Gasteiger partial charge in [0.15, 0.2) is 5.96 Å². The van der Waals surface area contributed by atoms with Gasteiger partial charge < -0.3 is 15.5 Å². The van der Waals surface area contributed by atoms with Crippen LogP contribution >= 0.6 is 35.6 Å². The zero-order valence-electron chi connectivity index (χ0n) is 16.6. The second kappa shape index (κ2) is 10.6. The van der Waals surface area contributed by atoms with E-state index >= 15 is 0 Å². The average Bonchev–Trinajstić information content (AvgIpc) is 3.44. The standard InChI is InChI=1S/C20H23ClN8.HI/c1-22-20(26-12-15-4-7-24-18(11-15)29-10-8-23-14-29)27-16-5-9-28(13-16)19-17(21)3-2-6-25-19;/h2-4,6-8,10-11,14,16H,5,9,12-13H2,1H3,(H2,22,26,27);1H. The van der Waals surface area contributed by atoms with Crippen molar-refractivity contribution in [2.45, 2.75) is 19.0 Å². The molecule has 4 heterocycles. The van der Waals surface area contributed by atoms with E-state index in [4.69, 9.17) is 11.6 Å². The molecule has 0 spiro atoms. The highest BCUT2D eigenvalue weighted by atomic mass is 127. The Morgan fingerprint density at radius 2 is 2.17 bits per heavy atom.